The minimum Gasteiger partial charge on any atom is -0.343 e. The van der Waals surface area contributed by atoms with Crippen molar-refractivity contribution < 1.29 is 18.0 Å². The summed E-state index contributed by atoms with van der Waals surface area (Å²) in [5.74, 6) is -0.0429. The summed E-state index contributed by atoms with van der Waals surface area (Å²) in [6.07, 6.45) is 4.22. The van der Waals surface area contributed by atoms with Crippen LogP contribution in [0, 0.1) is 0 Å². The van der Waals surface area contributed by atoms with Crippen LogP contribution in [0.2, 0.25) is 0 Å². The van der Waals surface area contributed by atoms with E-state index >= 15 is 0 Å². The molecule has 0 aliphatic carbocycles. The lowest BCUT2D eigenvalue weighted by atomic mass is 10.1. The molecule has 1 saturated heterocycles. The van der Waals surface area contributed by atoms with E-state index in [0.29, 0.717) is 25.2 Å². The molecule has 0 bridgehead atoms. The van der Waals surface area contributed by atoms with Crippen LogP contribution in [0.5, 0.6) is 0 Å². The number of hydrogen-bond acceptors (Lipinski definition) is 4. The summed E-state index contributed by atoms with van der Waals surface area (Å²) in [4.78, 5) is 29.0. The molecule has 7 nitrogen and oxygen atoms in total. The Morgan fingerprint density at radius 1 is 0.909 bits per heavy atom. The summed E-state index contributed by atoms with van der Waals surface area (Å²) in [6, 6.07) is 14.0. The molecule has 8 heteroatoms. The van der Waals surface area contributed by atoms with Crippen molar-refractivity contribution in [3.05, 3.63) is 54.1 Å². The largest absolute Gasteiger partial charge is 0.343 e. The van der Waals surface area contributed by atoms with E-state index in [9.17, 15) is 18.0 Å². The maximum atomic E-state index is 13.3. The number of likely N-dealkylation sites (tertiary alicyclic amines) is 1. The molecule has 176 valence electrons. The first-order valence-corrected chi connectivity index (χ1v) is 13.1. The van der Waals surface area contributed by atoms with Crippen LogP contribution in [-0.2, 0) is 26.0 Å². The molecule has 0 saturated carbocycles. The molecule has 2 aliphatic heterocycles. The van der Waals surface area contributed by atoms with Gasteiger partial charge in [0.05, 0.1) is 10.6 Å². The summed E-state index contributed by atoms with van der Waals surface area (Å²) in [7, 11) is -3.72. The van der Waals surface area contributed by atoms with Crippen molar-refractivity contribution in [1.82, 2.24) is 4.90 Å². The molecule has 0 atom stereocenters. The summed E-state index contributed by atoms with van der Waals surface area (Å²) in [5, 5.41) is 0. The highest BCUT2D eigenvalue weighted by atomic mass is 32.2. The van der Waals surface area contributed by atoms with Crippen molar-refractivity contribution in [2.45, 2.75) is 50.3 Å². The van der Waals surface area contributed by atoms with Crippen LogP contribution < -0.4 is 9.21 Å². The Bertz CT molecular complexity index is 1110. The number of benzene rings is 2. The second kappa shape index (κ2) is 9.95. The van der Waals surface area contributed by atoms with Crippen molar-refractivity contribution in [2.75, 3.05) is 35.4 Å². The van der Waals surface area contributed by atoms with E-state index in [1.54, 1.807) is 35.2 Å². The average molecular weight is 470 g/mol. The van der Waals surface area contributed by atoms with E-state index in [4.69, 9.17) is 0 Å². The van der Waals surface area contributed by atoms with Gasteiger partial charge in [0.15, 0.2) is 0 Å². The fraction of sp³-hybridized carbons (Fsp3) is 0.440. The maximum absolute atomic E-state index is 13.3. The lowest BCUT2D eigenvalue weighted by Crippen LogP contribution is -2.37. The zero-order valence-corrected chi connectivity index (χ0v) is 19.9. The van der Waals surface area contributed by atoms with Crippen molar-refractivity contribution in [2.24, 2.45) is 0 Å². The van der Waals surface area contributed by atoms with Crippen molar-refractivity contribution in [1.29, 1.82) is 0 Å². The third-order valence-electron chi connectivity index (χ3n) is 6.43. The van der Waals surface area contributed by atoms with E-state index in [1.807, 2.05) is 30.0 Å². The molecule has 0 radical (unpaired) electrons. The van der Waals surface area contributed by atoms with Gasteiger partial charge in [0.2, 0.25) is 11.8 Å². The molecule has 2 aliphatic rings. The molecule has 4 rings (SSSR count). The first-order chi connectivity index (χ1) is 15.9. The number of amides is 2. The van der Waals surface area contributed by atoms with E-state index in [-0.39, 0.29) is 29.6 Å². The number of anilines is 2. The maximum Gasteiger partial charge on any atom is 0.264 e. The number of piperidine rings is 1. The predicted octanol–water partition coefficient (Wildman–Crippen LogP) is 3.58. The number of carbonyl (C=O) groups is 2. The van der Waals surface area contributed by atoms with Crippen LogP contribution in [0.1, 0.15) is 44.6 Å². The number of fused-ring (bicyclic) bond motifs is 1. The number of sulfonamides is 1. The van der Waals surface area contributed by atoms with Gasteiger partial charge in [-0.1, -0.05) is 18.2 Å². The second-order valence-electron chi connectivity index (χ2n) is 8.53. The van der Waals surface area contributed by atoms with Gasteiger partial charge in [0.1, 0.15) is 0 Å². The van der Waals surface area contributed by atoms with Crippen LogP contribution in [-0.4, -0.2) is 51.3 Å². The first kappa shape index (κ1) is 23.3. The Kier molecular flexibility index (Phi) is 7.02. The number of nitrogens with zero attached hydrogens (tertiary/aromatic N) is 3. The molecule has 33 heavy (non-hydrogen) atoms. The summed E-state index contributed by atoms with van der Waals surface area (Å²) in [6.45, 7) is 4.21. The average Bonchev–Trinajstić information content (AvgIpc) is 3.27. The molecule has 1 fully saturated rings. The van der Waals surface area contributed by atoms with Gasteiger partial charge in [-0.25, -0.2) is 8.42 Å². The number of carbonyl (C=O) groups excluding carboxylic acids is 2. The smallest absolute Gasteiger partial charge is 0.264 e. The van der Waals surface area contributed by atoms with Gasteiger partial charge in [-0.2, -0.15) is 0 Å². The minimum atomic E-state index is -3.72. The topological polar surface area (TPSA) is 78.0 Å². The lowest BCUT2D eigenvalue weighted by Gasteiger charge is -2.27. The van der Waals surface area contributed by atoms with Crippen LogP contribution in [0.15, 0.2) is 53.4 Å². The highest BCUT2D eigenvalue weighted by Gasteiger charge is 2.29. The molecular formula is C25H31N3O4S. The fourth-order valence-electron chi connectivity index (χ4n) is 4.66. The van der Waals surface area contributed by atoms with Gasteiger partial charge in [0, 0.05) is 44.7 Å². The normalized spacial score (nSPS) is 15.9. The summed E-state index contributed by atoms with van der Waals surface area (Å²) >= 11 is 0. The van der Waals surface area contributed by atoms with Crippen LogP contribution >= 0.6 is 0 Å². The molecule has 0 unspecified atom stereocenters. The Hall–Kier alpha value is -2.87. The molecule has 0 N–H and O–H groups in total. The Morgan fingerprint density at radius 2 is 1.61 bits per heavy atom. The monoisotopic (exact) mass is 469 g/mol. The van der Waals surface area contributed by atoms with Crippen molar-refractivity contribution in [3.63, 3.8) is 0 Å². The van der Waals surface area contributed by atoms with Crippen LogP contribution in [0.3, 0.4) is 0 Å². The zero-order chi connectivity index (χ0) is 23.4. The van der Waals surface area contributed by atoms with Crippen LogP contribution in [0.4, 0.5) is 11.4 Å². The molecule has 0 aromatic heterocycles. The first-order valence-electron chi connectivity index (χ1n) is 11.7. The third kappa shape index (κ3) is 4.90. The van der Waals surface area contributed by atoms with Crippen LogP contribution in [0.25, 0.3) is 0 Å². The van der Waals surface area contributed by atoms with E-state index in [1.165, 1.54) is 4.31 Å². The SMILES string of the molecule is CCN(c1ccccc1)S(=O)(=O)c1ccc2c(c1)CCN2C(=O)CCC(=O)N1CCCCC1. The second-order valence-corrected chi connectivity index (χ2v) is 10.4. The Morgan fingerprint density at radius 3 is 2.30 bits per heavy atom. The minimum absolute atomic E-state index is 0.0458. The van der Waals surface area contributed by atoms with Gasteiger partial charge >= 0.3 is 0 Å². The molecule has 2 amide bonds. The summed E-state index contributed by atoms with van der Waals surface area (Å²) in [5.41, 5.74) is 2.21. The number of hydrogen-bond donors (Lipinski definition) is 0. The molecular weight excluding hydrogens is 438 g/mol. The van der Waals surface area contributed by atoms with Gasteiger partial charge in [-0.15, -0.1) is 0 Å². The third-order valence-corrected chi connectivity index (χ3v) is 8.33. The number of para-hydroxylation sites is 1. The van der Waals surface area contributed by atoms with Gasteiger partial charge < -0.3 is 9.80 Å². The van der Waals surface area contributed by atoms with Crippen molar-refractivity contribution in [3.8, 4) is 0 Å². The molecule has 2 heterocycles. The quantitative estimate of drug-likeness (QED) is 0.621. The van der Waals surface area contributed by atoms with Gasteiger partial charge in [-0.3, -0.25) is 13.9 Å². The Balaban J connectivity index is 1.46. The molecule has 0 spiro atoms. The predicted molar refractivity (Wildman–Crippen MR) is 129 cm³/mol. The Labute approximate surface area is 196 Å². The highest BCUT2D eigenvalue weighted by molar-refractivity contribution is 7.92. The summed E-state index contributed by atoms with van der Waals surface area (Å²) < 4.78 is 28.0. The van der Waals surface area contributed by atoms with E-state index in [2.05, 4.69) is 0 Å². The van der Waals surface area contributed by atoms with E-state index < -0.39 is 10.0 Å². The number of rotatable bonds is 7. The van der Waals surface area contributed by atoms with E-state index in [0.717, 1.165) is 43.6 Å². The fourth-order valence-corrected chi connectivity index (χ4v) is 6.19. The molecule has 2 aromatic carbocycles. The van der Waals surface area contributed by atoms with Crippen molar-refractivity contribution >= 4 is 33.2 Å². The van der Waals surface area contributed by atoms with Gasteiger partial charge in [0.25, 0.3) is 10.0 Å². The van der Waals surface area contributed by atoms with Gasteiger partial charge in [-0.05, 0) is 68.5 Å². The zero-order valence-electron chi connectivity index (χ0n) is 19.1. The standard InChI is InChI=1S/C25H31N3O4S/c1-2-28(21-9-5-3-6-10-21)33(31,32)22-11-12-23-20(19-22)15-18-27(23)25(30)14-13-24(29)26-16-7-4-8-17-26/h3,5-6,9-12,19H,2,4,7-8,13-18H2,1H3. The molecule has 2 aromatic rings. The lowest BCUT2D eigenvalue weighted by molar-refractivity contribution is -0.133. The highest BCUT2D eigenvalue weighted by Crippen LogP contribution is 2.33.